The van der Waals surface area contributed by atoms with Crippen molar-refractivity contribution in [2.45, 2.75) is 17.9 Å². The maximum Gasteiger partial charge on any atom is 0.273 e. The van der Waals surface area contributed by atoms with E-state index in [0.717, 1.165) is 4.31 Å². The zero-order valence-electron chi connectivity index (χ0n) is 11.2. The summed E-state index contributed by atoms with van der Waals surface area (Å²) in [6, 6.07) is 5.78. The summed E-state index contributed by atoms with van der Waals surface area (Å²) in [4.78, 5) is 10.2. The molecule has 0 aromatic heterocycles. The van der Waals surface area contributed by atoms with E-state index in [1.807, 2.05) is 6.07 Å². The predicted octanol–water partition coefficient (Wildman–Crippen LogP) is 0.816. The quantitative estimate of drug-likeness (QED) is 0.603. The van der Waals surface area contributed by atoms with Crippen molar-refractivity contribution in [3.63, 3.8) is 0 Å². The standard InChI is InChI=1S/C12H13N3O5S/c1-9-11(15(16)17)3-2-4-12(9)21(18,19)14-5-6-20-10(7-13)8-14/h2-4,10H,5-6,8H2,1H3. The summed E-state index contributed by atoms with van der Waals surface area (Å²) in [5.74, 6) is 0. The van der Waals surface area contributed by atoms with Crippen LogP contribution in [0.5, 0.6) is 0 Å². The van der Waals surface area contributed by atoms with Crippen molar-refractivity contribution in [2.75, 3.05) is 19.7 Å². The minimum atomic E-state index is -3.89. The molecule has 1 atom stereocenters. The number of hydrogen-bond acceptors (Lipinski definition) is 6. The van der Waals surface area contributed by atoms with E-state index in [9.17, 15) is 18.5 Å². The number of rotatable bonds is 3. The van der Waals surface area contributed by atoms with Crippen molar-refractivity contribution in [3.05, 3.63) is 33.9 Å². The lowest BCUT2D eigenvalue weighted by molar-refractivity contribution is -0.385. The Kier molecular flexibility index (Phi) is 4.22. The van der Waals surface area contributed by atoms with Crippen molar-refractivity contribution in [1.82, 2.24) is 4.31 Å². The molecule has 0 spiro atoms. The highest BCUT2D eigenvalue weighted by atomic mass is 32.2. The fourth-order valence-corrected chi connectivity index (χ4v) is 3.81. The third-order valence-corrected chi connectivity index (χ3v) is 5.25. The molecule has 9 heteroatoms. The fraction of sp³-hybridized carbons (Fsp3) is 0.417. The molecule has 2 rings (SSSR count). The summed E-state index contributed by atoms with van der Waals surface area (Å²) in [6.07, 6.45) is -0.826. The van der Waals surface area contributed by atoms with Crippen molar-refractivity contribution in [1.29, 1.82) is 5.26 Å². The van der Waals surface area contributed by atoms with E-state index >= 15 is 0 Å². The Hall–Kier alpha value is -2.02. The van der Waals surface area contributed by atoms with Gasteiger partial charge in [0.25, 0.3) is 5.69 Å². The largest absolute Gasteiger partial charge is 0.361 e. The normalized spacial score (nSPS) is 19.9. The van der Waals surface area contributed by atoms with Crippen LogP contribution in [0.3, 0.4) is 0 Å². The second-order valence-corrected chi connectivity index (χ2v) is 6.42. The molecule has 1 heterocycles. The molecular weight excluding hydrogens is 298 g/mol. The van der Waals surface area contributed by atoms with Crippen LogP contribution in [-0.4, -0.2) is 43.4 Å². The second-order valence-electron chi connectivity index (χ2n) is 4.51. The Balaban J connectivity index is 2.43. The zero-order chi connectivity index (χ0) is 15.6. The maximum absolute atomic E-state index is 12.6. The van der Waals surface area contributed by atoms with Crippen molar-refractivity contribution >= 4 is 15.7 Å². The number of sulfonamides is 1. The van der Waals surface area contributed by atoms with E-state index in [2.05, 4.69) is 0 Å². The van der Waals surface area contributed by atoms with E-state index in [4.69, 9.17) is 10.00 Å². The Morgan fingerprint density at radius 3 is 2.86 bits per heavy atom. The Labute approximate surface area is 121 Å². The van der Waals surface area contributed by atoms with Gasteiger partial charge < -0.3 is 4.74 Å². The number of ether oxygens (including phenoxy) is 1. The second kappa shape index (κ2) is 5.77. The van der Waals surface area contributed by atoms with Crippen LogP contribution in [-0.2, 0) is 14.8 Å². The molecule has 112 valence electrons. The molecule has 0 N–H and O–H groups in total. The van der Waals surface area contributed by atoms with Gasteiger partial charge in [-0.05, 0) is 13.0 Å². The van der Waals surface area contributed by atoms with Gasteiger partial charge in [0, 0.05) is 18.2 Å². The van der Waals surface area contributed by atoms with Crippen molar-refractivity contribution in [3.8, 4) is 6.07 Å². The lowest BCUT2D eigenvalue weighted by Gasteiger charge is -2.29. The van der Waals surface area contributed by atoms with Crippen LogP contribution in [0.25, 0.3) is 0 Å². The number of hydrogen-bond donors (Lipinski definition) is 0. The first kappa shape index (κ1) is 15.4. The lowest BCUT2D eigenvalue weighted by atomic mass is 10.2. The van der Waals surface area contributed by atoms with Gasteiger partial charge in [0.1, 0.15) is 0 Å². The van der Waals surface area contributed by atoms with E-state index in [-0.39, 0.29) is 35.8 Å². The third-order valence-electron chi connectivity index (χ3n) is 3.24. The Bertz CT molecular complexity index is 710. The Morgan fingerprint density at radius 1 is 1.52 bits per heavy atom. The zero-order valence-corrected chi connectivity index (χ0v) is 12.0. The van der Waals surface area contributed by atoms with E-state index in [0.29, 0.717) is 0 Å². The molecule has 1 unspecified atom stereocenters. The van der Waals surface area contributed by atoms with Crippen LogP contribution in [0.2, 0.25) is 0 Å². The topological polar surface area (TPSA) is 114 Å². The lowest BCUT2D eigenvalue weighted by Crippen LogP contribution is -2.45. The molecular formula is C12H13N3O5S. The van der Waals surface area contributed by atoms with Gasteiger partial charge in [-0.3, -0.25) is 10.1 Å². The van der Waals surface area contributed by atoms with E-state index < -0.39 is 21.1 Å². The van der Waals surface area contributed by atoms with Gasteiger partial charge in [-0.25, -0.2) is 8.42 Å². The van der Waals surface area contributed by atoms with Gasteiger partial charge >= 0.3 is 0 Å². The van der Waals surface area contributed by atoms with Gasteiger partial charge in [0.15, 0.2) is 6.10 Å². The van der Waals surface area contributed by atoms with Crippen LogP contribution in [0.1, 0.15) is 5.56 Å². The molecule has 21 heavy (non-hydrogen) atoms. The molecule has 0 saturated carbocycles. The Morgan fingerprint density at radius 2 is 2.24 bits per heavy atom. The summed E-state index contributed by atoms with van der Waals surface area (Å²) in [7, 11) is -3.89. The summed E-state index contributed by atoms with van der Waals surface area (Å²) in [6.45, 7) is 1.54. The van der Waals surface area contributed by atoms with Gasteiger partial charge in [-0.2, -0.15) is 9.57 Å². The van der Waals surface area contributed by atoms with E-state index in [1.165, 1.54) is 25.1 Å². The molecule has 1 aromatic carbocycles. The first-order chi connectivity index (χ1) is 9.87. The number of nitriles is 1. The highest BCUT2D eigenvalue weighted by Gasteiger charge is 2.33. The molecule has 0 bridgehead atoms. The minimum Gasteiger partial charge on any atom is -0.361 e. The summed E-state index contributed by atoms with van der Waals surface area (Å²) in [5.41, 5.74) is -0.163. The minimum absolute atomic E-state index is 0.0824. The molecule has 8 nitrogen and oxygen atoms in total. The average Bonchev–Trinajstić information content (AvgIpc) is 2.47. The summed E-state index contributed by atoms with van der Waals surface area (Å²) >= 11 is 0. The first-order valence-electron chi connectivity index (χ1n) is 6.13. The van der Waals surface area contributed by atoms with Crippen LogP contribution in [0, 0.1) is 28.4 Å². The molecule has 0 radical (unpaired) electrons. The maximum atomic E-state index is 12.6. The smallest absolute Gasteiger partial charge is 0.273 e. The monoisotopic (exact) mass is 311 g/mol. The highest BCUT2D eigenvalue weighted by molar-refractivity contribution is 7.89. The number of morpholine rings is 1. The summed E-state index contributed by atoms with van der Waals surface area (Å²) < 4.78 is 31.4. The molecule has 1 aliphatic heterocycles. The van der Waals surface area contributed by atoms with Gasteiger partial charge in [-0.15, -0.1) is 0 Å². The number of benzene rings is 1. The van der Waals surface area contributed by atoms with Crippen molar-refractivity contribution < 1.29 is 18.1 Å². The fourth-order valence-electron chi connectivity index (χ4n) is 2.14. The van der Waals surface area contributed by atoms with Crippen LogP contribution < -0.4 is 0 Å². The molecule has 1 saturated heterocycles. The number of nitro groups is 1. The highest BCUT2D eigenvalue weighted by Crippen LogP contribution is 2.27. The average molecular weight is 311 g/mol. The van der Waals surface area contributed by atoms with Crippen molar-refractivity contribution in [2.24, 2.45) is 0 Å². The number of nitrogens with zero attached hydrogens (tertiary/aromatic N) is 3. The molecule has 1 fully saturated rings. The summed E-state index contributed by atoms with van der Waals surface area (Å²) in [5, 5.41) is 19.7. The third kappa shape index (κ3) is 2.87. The van der Waals surface area contributed by atoms with Crippen LogP contribution >= 0.6 is 0 Å². The molecule has 0 amide bonds. The number of nitro benzene ring substituents is 1. The van der Waals surface area contributed by atoms with Gasteiger partial charge in [0.2, 0.25) is 10.0 Å². The molecule has 1 aromatic rings. The van der Waals surface area contributed by atoms with Gasteiger partial charge in [-0.1, -0.05) is 6.07 Å². The SMILES string of the molecule is Cc1c([N+](=O)[O-])cccc1S(=O)(=O)N1CCOC(C#N)C1. The van der Waals surface area contributed by atoms with Crippen LogP contribution in [0.15, 0.2) is 23.1 Å². The molecule has 1 aliphatic rings. The first-order valence-corrected chi connectivity index (χ1v) is 7.57. The van der Waals surface area contributed by atoms with Gasteiger partial charge in [0.05, 0.1) is 29.0 Å². The predicted molar refractivity (Wildman–Crippen MR) is 71.9 cm³/mol. The van der Waals surface area contributed by atoms with Crippen LogP contribution in [0.4, 0.5) is 5.69 Å². The van der Waals surface area contributed by atoms with E-state index in [1.54, 1.807) is 0 Å². The molecule has 0 aliphatic carbocycles.